The van der Waals surface area contributed by atoms with E-state index >= 15 is 0 Å². The molecule has 7 unspecified atom stereocenters. The summed E-state index contributed by atoms with van der Waals surface area (Å²) in [5.74, 6) is -0.184. The Morgan fingerprint density at radius 2 is 0.851 bits per heavy atom. The van der Waals surface area contributed by atoms with Gasteiger partial charge in [0, 0.05) is 6.42 Å². The average molecular weight is 951 g/mol. The molecule has 0 spiro atoms. The Bertz CT molecular complexity index is 1100. The lowest BCUT2D eigenvalue weighted by Crippen LogP contribution is -2.60. The molecule has 0 saturated carbocycles. The largest absolute Gasteiger partial charge is 0.394 e. The van der Waals surface area contributed by atoms with Gasteiger partial charge >= 0.3 is 0 Å². The van der Waals surface area contributed by atoms with Gasteiger partial charge < -0.3 is 40.3 Å². The lowest BCUT2D eigenvalue weighted by molar-refractivity contribution is -0.302. The number of carbonyl (C=O) groups excluding carboxylic acids is 1. The van der Waals surface area contributed by atoms with Crippen LogP contribution >= 0.6 is 0 Å². The number of allylic oxidation sites excluding steroid dienone is 3. The Balaban J connectivity index is 2.02. The van der Waals surface area contributed by atoms with Crippen molar-refractivity contribution >= 4 is 5.91 Å². The molecule has 1 aliphatic rings. The molecule has 0 bridgehead atoms. The first-order chi connectivity index (χ1) is 32.8. The van der Waals surface area contributed by atoms with Gasteiger partial charge in [0.05, 0.1) is 25.4 Å². The molecule has 9 heteroatoms. The van der Waals surface area contributed by atoms with Gasteiger partial charge in [0.1, 0.15) is 24.4 Å². The van der Waals surface area contributed by atoms with Gasteiger partial charge in [-0.05, 0) is 32.1 Å². The predicted octanol–water partition coefficient (Wildman–Crippen LogP) is 14.2. The topological polar surface area (TPSA) is 149 Å². The predicted molar refractivity (Wildman–Crippen MR) is 281 cm³/mol. The minimum Gasteiger partial charge on any atom is -0.394 e. The molecule has 1 aliphatic heterocycles. The third-order valence-corrected chi connectivity index (χ3v) is 14.0. The summed E-state index contributed by atoms with van der Waals surface area (Å²) in [6, 6.07) is -0.816. The van der Waals surface area contributed by atoms with E-state index in [0.717, 1.165) is 38.5 Å². The minimum absolute atomic E-state index is 0.184. The second-order valence-electron chi connectivity index (χ2n) is 20.4. The van der Waals surface area contributed by atoms with Crippen molar-refractivity contribution in [3.63, 3.8) is 0 Å². The fraction of sp³-hybridized carbons (Fsp3) is 0.914. The molecular weight excluding hydrogens is 839 g/mol. The average Bonchev–Trinajstić information content (AvgIpc) is 3.33. The molecule has 1 rings (SSSR count). The lowest BCUT2D eigenvalue weighted by Gasteiger charge is -2.40. The number of aliphatic hydroxyl groups excluding tert-OH is 5. The van der Waals surface area contributed by atoms with Crippen LogP contribution in [0.3, 0.4) is 0 Å². The van der Waals surface area contributed by atoms with Crippen molar-refractivity contribution in [1.82, 2.24) is 5.32 Å². The van der Waals surface area contributed by atoms with Gasteiger partial charge in [-0.1, -0.05) is 269 Å². The lowest BCUT2D eigenvalue weighted by atomic mass is 9.99. The summed E-state index contributed by atoms with van der Waals surface area (Å²) in [6.07, 6.45) is 54.5. The Labute approximate surface area is 413 Å². The molecule has 1 heterocycles. The van der Waals surface area contributed by atoms with Crippen LogP contribution in [-0.4, -0.2) is 87.5 Å². The highest BCUT2D eigenvalue weighted by Crippen LogP contribution is 2.23. The van der Waals surface area contributed by atoms with Crippen molar-refractivity contribution in [2.24, 2.45) is 0 Å². The first kappa shape index (κ1) is 63.7. The first-order valence-corrected chi connectivity index (χ1v) is 29.1. The molecule has 0 aromatic rings. The van der Waals surface area contributed by atoms with E-state index < -0.39 is 49.5 Å². The van der Waals surface area contributed by atoms with Gasteiger partial charge in [0.2, 0.25) is 5.91 Å². The van der Waals surface area contributed by atoms with Crippen LogP contribution in [0.2, 0.25) is 0 Å². The zero-order chi connectivity index (χ0) is 48.7. The molecule has 1 saturated heterocycles. The number of nitrogens with one attached hydrogen (secondary N) is 1. The summed E-state index contributed by atoms with van der Waals surface area (Å²) in [7, 11) is 0. The van der Waals surface area contributed by atoms with Crippen molar-refractivity contribution in [1.29, 1.82) is 0 Å². The van der Waals surface area contributed by atoms with Gasteiger partial charge in [0.25, 0.3) is 0 Å². The minimum atomic E-state index is -1.57. The van der Waals surface area contributed by atoms with E-state index in [9.17, 15) is 30.3 Å². The summed E-state index contributed by atoms with van der Waals surface area (Å²) in [5.41, 5.74) is 0. The second-order valence-corrected chi connectivity index (χ2v) is 20.4. The van der Waals surface area contributed by atoms with Crippen molar-refractivity contribution in [2.45, 2.75) is 326 Å². The molecule has 0 radical (unpaired) electrons. The summed E-state index contributed by atoms with van der Waals surface area (Å²) in [5, 5.41) is 54.1. The van der Waals surface area contributed by atoms with E-state index in [1.807, 2.05) is 6.08 Å². The van der Waals surface area contributed by atoms with Crippen LogP contribution in [0, 0.1) is 0 Å². The van der Waals surface area contributed by atoms with Gasteiger partial charge in [0.15, 0.2) is 6.29 Å². The van der Waals surface area contributed by atoms with Crippen molar-refractivity contribution < 1.29 is 39.8 Å². The number of unbranched alkanes of at least 4 members (excludes halogenated alkanes) is 38. The van der Waals surface area contributed by atoms with Crippen molar-refractivity contribution in [3.05, 3.63) is 24.3 Å². The van der Waals surface area contributed by atoms with Crippen molar-refractivity contribution in [2.75, 3.05) is 13.2 Å². The third-order valence-electron chi connectivity index (χ3n) is 14.0. The number of rotatable bonds is 50. The molecule has 0 aromatic carbocycles. The zero-order valence-electron chi connectivity index (χ0n) is 43.9. The normalized spacial score (nSPS) is 19.8. The van der Waals surface area contributed by atoms with Crippen LogP contribution in [0.15, 0.2) is 24.3 Å². The zero-order valence-corrected chi connectivity index (χ0v) is 43.9. The van der Waals surface area contributed by atoms with E-state index in [-0.39, 0.29) is 12.5 Å². The summed E-state index contributed by atoms with van der Waals surface area (Å²) < 4.78 is 11.2. The number of hydrogen-bond acceptors (Lipinski definition) is 8. The summed E-state index contributed by atoms with van der Waals surface area (Å²) >= 11 is 0. The van der Waals surface area contributed by atoms with Crippen LogP contribution in [0.1, 0.15) is 284 Å². The Hall–Kier alpha value is -1.33. The number of aliphatic hydroxyl groups is 5. The Morgan fingerprint density at radius 3 is 1.25 bits per heavy atom. The van der Waals surface area contributed by atoms with Crippen LogP contribution in [0.25, 0.3) is 0 Å². The maximum Gasteiger partial charge on any atom is 0.220 e. The molecule has 0 aliphatic carbocycles. The van der Waals surface area contributed by atoms with Crippen LogP contribution < -0.4 is 5.32 Å². The van der Waals surface area contributed by atoms with E-state index in [1.54, 1.807) is 6.08 Å². The second kappa shape index (κ2) is 48.3. The molecule has 1 amide bonds. The number of carbonyl (C=O) groups is 1. The van der Waals surface area contributed by atoms with E-state index in [0.29, 0.717) is 6.42 Å². The van der Waals surface area contributed by atoms with E-state index in [2.05, 4.69) is 31.3 Å². The number of amides is 1. The smallest absolute Gasteiger partial charge is 0.220 e. The molecule has 67 heavy (non-hydrogen) atoms. The van der Waals surface area contributed by atoms with E-state index in [4.69, 9.17) is 9.47 Å². The quantitative estimate of drug-likeness (QED) is 0.0261. The van der Waals surface area contributed by atoms with Crippen LogP contribution in [0.4, 0.5) is 0 Å². The Kier molecular flexibility index (Phi) is 45.9. The maximum absolute atomic E-state index is 13.0. The molecule has 6 N–H and O–H groups in total. The fourth-order valence-electron chi connectivity index (χ4n) is 9.41. The van der Waals surface area contributed by atoms with Crippen LogP contribution in [-0.2, 0) is 14.3 Å². The molecule has 396 valence electrons. The highest BCUT2D eigenvalue weighted by molar-refractivity contribution is 5.76. The van der Waals surface area contributed by atoms with Crippen LogP contribution in [0.5, 0.6) is 0 Å². The molecule has 1 fully saturated rings. The van der Waals surface area contributed by atoms with Gasteiger partial charge in [-0.15, -0.1) is 0 Å². The van der Waals surface area contributed by atoms with Gasteiger partial charge in [-0.3, -0.25) is 4.79 Å². The summed E-state index contributed by atoms with van der Waals surface area (Å²) in [4.78, 5) is 13.0. The maximum atomic E-state index is 13.0. The standard InChI is InChI=1S/C58H111NO8/c1-3-5-7-9-11-13-14-15-16-17-18-19-20-21-22-23-24-25-26-27-28-29-30-31-32-33-34-35-36-37-38-40-42-44-46-48-54(62)59-51(52(61)47-45-43-41-39-12-10-8-6-4-2)50-66-58-57(65)56(64)55(63)53(49-60)67-58/h12,39,45,47,51-53,55-58,60-61,63-65H,3-11,13-38,40-44,46,48-50H2,1-2H3,(H,59,62)/b39-12+,47-45+. The van der Waals surface area contributed by atoms with Gasteiger partial charge in [-0.25, -0.2) is 0 Å². The highest BCUT2D eigenvalue weighted by atomic mass is 16.7. The third kappa shape index (κ3) is 38.1. The molecule has 9 nitrogen and oxygen atoms in total. The van der Waals surface area contributed by atoms with E-state index in [1.165, 1.54) is 225 Å². The molecular formula is C58H111NO8. The number of hydrogen-bond donors (Lipinski definition) is 6. The van der Waals surface area contributed by atoms with Gasteiger partial charge in [-0.2, -0.15) is 0 Å². The monoisotopic (exact) mass is 950 g/mol. The number of ether oxygens (including phenoxy) is 2. The summed E-state index contributed by atoms with van der Waals surface area (Å²) in [6.45, 7) is 3.73. The molecule has 0 aromatic heterocycles. The highest BCUT2D eigenvalue weighted by Gasteiger charge is 2.44. The Morgan fingerprint density at radius 1 is 0.493 bits per heavy atom. The molecule has 7 atom stereocenters. The first-order valence-electron chi connectivity index (χ1n) is 29.1. The fourth-order valence-corrected chi connectivity index (χ4v) is 9.41. The van der Waals surface area contributed by atoms with Crippen molar-refractivity contribution in [3.8, 4) is 0 Å². The SMILES string of the molecule is CCCCC/C=C/CC/C=C/C(O)C(COC1OC(CO)C(O)C(O)C1O)NC(=O)CCCCCCCCCCCCCCCCCCCCCCCCCCCCCCCCCCCCC.